The van der Waals surface area contributed by atoms with E-state index in [2.05, 4.69) is 21.3 Å². The second-order valence-electron chi connectivity index (χ2n) is 10.8. The Morgan fingerprint density at radius 3 is 2.69 bits per heavy atom. The SMILES string of the molecule is [C-]#[N+]CC1CN(c2nc(OC[C@H]3CCCN3C)nc3c2CCN(c2cccc(F)c2C(F)(F)F)C3)CCN1C(=O)C=C. The molecule has 1 aromatic heterocycles. The van der Waals surface area contributed by atoms with Crippen LogP contribution in [0.2, 0.25) is 0 Å². The second kappa shape index (κ2) is 12.1. The summed E-state index contributed by atoms with van der Waals surface area (Å²) in [6.45, 7) is 13.8. The number of amides is 1. The van der Waals surface area contributed by atoms with Crippen LogP contribution in [0.1, 0.15) is 29.7 Å². The highest BCUT2D eigenvalue weighted by atomic mass is 19.4. The summed E-state index contributed by atoms with van der Waals surface area (Å²) in [5.74, 6) is -0.981. The van der Waals surface area contributed by atoms with Gasteiger partial charge in [-0.1, -0.05) is 12.6 Å². The molecule has 0 spiro atoms. The van der Waals surface area contributed by atoms with Crippen molar-refractivity contribution in [2.45, 2.75) is 44.1 Å². The molecule has 9 nitrogen and oxygen atoms in total. The minimum Gasteiger partial charge on any atom is -0.462 e. The molecule has 3 aliphatic rings. The van der Waals surface area contributed by atoms with Crippen molar-refractivity contribution in [2.24, 2.45) is 0 Å². The molecular formula is C29H33F4N7O2. The van der Waals surface area contributed by atoms with Crippen molar-refractivity contribution in [1.29, 1.82) is 0 Å². The number of benzene rings is 1. The number of piperazine rings is 1. The van der Waals surface area contributed by atoms with E-state index in [1.165, 1.54) is 23.1 Å². The van der Waals surface area contributed by atoms with E-state index in [-0.39, 0.29) is 49.3 Å². The van der Waals surface area contributed by atoms with Gasteiger partial charge >= 0.3 is 12.2 Å². The van der Waals surface area contributed by atoms with E-state index in [1.54, 1.807) is 4.90 Å². The smallest absolute Gasteiger partial charge is 0.421 e. The van der Waals surface area contributed by atoms with Gasteiger partial charge in [-0.3, -0.25) is 4.79 Å². The maximum atomic E-state index is 14.4. The molecule has 13 heteroatoms. The van der Waals surface area contributed by atoms with Crippen LogP contribution in [0.25, 0.3) is 4.85 Å². The third kappa shape index (κ3) is 5.99. The van der Waals surface area contributed by atoms with Crippen molar-refractivity contribution in [1.82, 2.24) is 19.8 Å². The van der Waals surface area contributed by atoms with E-state index >= 15 is 0 Å². The van der Waals surface area contributed by atoms with Gasteiger partial charge < -0.3 is 29.2 Å². The van der Waals surface area contributed by atoms with E-state index < -0.39 is 17.6 Å². The summed E-state index contributed by atoms with van der Waals surface area (Å²) in [4.78, 5) is 32.7. The number of likely N-dealkylation sites (tertiary alicyclic amines) is 1. The molecule has 224 valence electrons. The van der Waals surface area contributed by atoms with Crippen LogP contribution in [0.5, 0.6) is 6.01 Å². The minimum atomic E-state index is -4.86. The first kappa shape index (κ1) is 29.6. The van der Waals surface area contributed by atoms with Gasteiger partial charge in [0.25, 0.3) is 0 Å². The Balaban J connectivity index is 1.49. The molecule has 2 atom stereocenters. The number of aromatic nitrogens is 2. The second-order valence-corrected chi connectivity index (χ2v) is 10.8. The lowest BCUT2D eigenvalue weighted by Gasteiger charge is -2.41. The van der Waals surface area contributed by atoms with Gasteiger partial charge in [-0.15, -0.1) is 0 Å². The molecule has 2 fully saturated rings. The Hall–Kier alpha value is -3.92. The van der Waals surface area contributed by atoms with Crippen molar-refractivity contribution in [3.8, 4) is 6.01 Å². The van der Waals surface area contributed by atoms with Crippen LogP contribution in [0.4, 0.5) is 29.1 Å². The minimum absolute atomic E-state index is 0.0114. The summed E-state index contributed by atoms with van der Waals surface area (Å²) in [6.07, 6.45) is -1.27. The maximum Gasteiger partial charge on any atom is 0.421 e. The van der Waals surface area contributed by atoms with E-state index in [4.69, 9.17) is 16.3 Å². The lowest BCUT2D eigenvalue weighted by molar-refractivity contribution is -0.139. The lowest BCUT2D eigenvalue weighted by Crippen LogP contribution is -2.56. The van der Waals surface area contributed by atoms with Gasteiger partial charge in [0.2, 0.25) is 12.5 Å². The van der Waals surface area contributed by atoms with Crippen molar-refractivity contribution in [3.05, 3.63) is 64.9 Å². The van der Waals surface area contributed by atoms with Gasteiger partial charge in [-0.25, -0.2) is 11.0 Å². The average Bonchev–Trinajstić information content (AvgIpc) is 3.38. The van der Waals surface area contributed by atoms with Crippen molar-refractivity contribution >= 4 is 17.4 Å². The Kier molecular flexibility index (Phi) is 8.54. The number of ether oxygens (including phenoxy) is 1. The van der Waals surface area contributed by atoms with Gasteiger partial charge in [-0.2, -0.15) is 23.1 Å². The van der Waals surface area contributed by atoms with Gasteiger partial charge in [0.05, 0.1) is 17.9 Å². The molecule has 1 aromatic carbocycles. The molecular weight excluding hydrogens is 554 g/mol. The number of nitrogens with zero attached hydrogens (tertiary/aromatic N) is 7. The fourth-order valence-electron chi connectivity index (χ4n) is 6.05. The molecule has 0 radical (unpaired) electrons. The fourth-order valence-corrected chi connectivity index (χ4v) is 6.05. The number of alkyl halides is 3. The van der Waals surface area contributed by atoms with E-state index in [0.717, 1.165) is 31.0 Å². The lowest BCUT2D eigenvalue weighted by atomic mass is 10.0. The van der Waals surface area contributed by atoms with E-state index in [0.29, 0.717) is 44.2 Å². The molecule has 0 N–H and O–H groups in total. The van der Waals surface area contributed by atoms with E-state index in [1.807, 2.05) is 11.9 Å². The number of rotatable bonds is 7. The normalized spacial score (nSPS) is 21.2. The van der Waals surface area contributed by atoms with Gasteiger partial charge in [0.15, 0.2) is 0 Å². The van der Waals surface area contributed by atoms with Crippen LogP contribution < -0.4 is 14.5 Å². The Labute approximate surface area is 242 Å². The predicted molar refractivity (Wildman–Crippen MR) is 149 cm³/mol. The Morgan fingerprint density at radius 2 is 2.00 bits per heavy atom. The van der Waals surface area contributed by atoms with Crippen molar-refractivity contribution in [3.63, 3.8) is 0 Å². The molecule has 0 bridgehead atoms. The van der Waals surface area contributed by atoms with Crippen molar-refractivity contribution in [2.75, 3.05) is 62.7 Å². The Bertz CT molecular complexity index is 1380. The molecule has 1 amide bonds. The summed E-state index contributed by atoms with van der Waals surface area (Å²) in [7, 11) is 2.02. The highest BCUT2D eigenvalue weighted by Crippen LogP contribution is 2.40. The molecule has 4 heterocycles. The molecule has 1 unspecified atom stereocenters. The zero-order valence-electron chi connectivity index (χ0n) is 23.4. The third-order valence-electron chi connectivity index (χ3n) is 8.26. The largest absolute Gasteiger partial charge is 0.462 e. The van der Waals surface area contributed by atoms with Gasteiger partial charge in [0.1, 0.15) is 29.8 Å². The quantitative estimate of drug-likeness (QED) is 0.278. The first-order chi connectivity index (χ1) is 20.1. The average molecular weight is 588 g/mol. The summed E-state index contributed by atoms with van der Waals surface area (Å²) in [5, 5.41) is 0. The van der Waals surface area contributed by atoms with Crippen LogP contribution in [-0.4, -0.2) is 90.7 Å². The predicted octanol–water partition coefficient (Wildman–Crippen LogP) is 3.79. The van der Waals surface area contributed by atoms with Gasteiger partial charge in [0, 0.05) is 37.8 Å². The molecule has 5 rings (SSSR count). The molecule has 2 aromatic rings. The van der Waals surface area contributed by atoms with Crippen LogP contribution in [0.15, 0.2) is 30.9 Å². The number of hydrogen-bond acceptors (Lipinski definition) is 7. The zero-order valence-corrected chi connectivity index (χ0v) is 23.4. The molecule has 2 saturated heterocycles. The summed E-state index contributed by atoms with van der Waals surface area (Å²) >= 11 is 0. The molecule has 0 saturated carbocycles. The summed E-state index contributed by atoms with van der Waals surface area (Å²) in [5.41, 5.74) is -0.262. The number of anilines is 2. The molecule has 42 heavy (non-hydrogen) atoms. The number of halogens is 4. The topological polar surface area (TPSA) is 69.4 Å². The standard InChI is InChI=1S/C29H33F4N7O2/c1-4-25(41)40-14-13-39(16-20(40)15-34-2)27-21-10-12-38(24-9-5-8-22(30)26(24)29(31,32)33)17-23(21)35-28(36-27)42-18-19-7-6-11-37(19)3/h4-5,8-9,19-20H,1,6-7,10-18H2,3H3/t19-,20?/m1/s1. The van der Waals surface area contributed by atoms with Gasteiger partial charge in [-0.05, 0) is 51.1 Å². The van der Waals surface area contributed by atoms with Crippen LogP contribution in [0.3, 0.4) is 0 Å². The summed E-state index contributed by atoms with van der Waals surface area (Å²) < 4.78 is 62.0. The number of carbonyl (C=O) groups excluding carboxylic acids is 1. The highest BCUT2D eigenvalue weighted by Gasteiger charge is 2.40. The fraction of sp³-hybridized carbons (Fsp3) is 0.517. The highest BCUT2D eigenvalue weighted by molar-refractivity contribution is 5.87. The number of hydrogen-bond donors (Lipinski definition) is 0. The number of carbonyl (C=O) groups is 1. The van der Waals surface area contributed by atoms with Crippen molar-refractivity contribution < 1.29 is 27.1 Å². The number of likely N-dealkylation sites (N-methyl/N-ethyl adjacent to an activating group) is 1. The summed E-state index contributed by atoms with van der Waals surface area (Å²) in [6, 6.07) is 3.29. The molecule has 0 aliphatic carbocycles. The monoisotopic (exact) mass is 587 g/mol. The first-order valence-corrected chi connectivity index (χ1v) is 13.9. The van der Waals surface area contributed by atoms with Crippen LogP contribution >= 0.6 is 0 Å². The maximum absolute atomic E-state index is 14.4. The van der Waals surface area contributed by atoms with Crippen LogP contribution in [-0.2, 0) is 23.9 Å². The Morgan fingerprint density at radius 1 is 1.19 bits per heavy atom. The zero-order chi connectivity index (χ0) is 30.0. The number of fused-ring (bicyclic) bond motifs is 1. The van der Waals surface area contributed by atoms with E-state index in [9.17, 15) is 22.4 Å². The molecule has 3 aliphatic heterocycles. The van der Waals surface area contributed by atoms with Crippen LogP contribution in [0, 0.1) is 12.4 Å². The first-order valence-electron chi connectivity index (χ1n) is 13.9. The third-order valence-corrected chi connectivity index (χ3v) is 8.26.